The first-order valence-electron chi connectivity index (χ1n) is 11.2. The number of benzene rings is 1. The number of carboxylic acids is 1. The third kappa shape index (κ3) is 10.5. The standard InChI is InChI=1S/C22H35N5O7S/c1-12(28)18(22(33)34)27-20(31)16(4-2-3-9-23)25-21(32)17(26-19(30)15(24)11-35)10-13-5-7-14(29)8-6-13/h5-8,12,15-18,28-29,35H,2-4,9-11,23-24H2,1H3,(H,25,32)(H,26,30)(H,27,31)(H,33,34). The fourth-order valence-electron chi connectivity index (χ4n) is 3.12. The highest BCUT2D eigenvalue weighted by molar-refractivity contribution is 7.80. The molecular weight excluding hydrogens is 478 g/mol. The van der Waals surface area contributed by atoms with Gasteiger partial charge >= 0.3 is 5.97 Å². The predicted octanol–water partition coefficient (Wildman–Crippen LogP) is -1.76. The average Bonchev–Trinajstić information content (AvgIpc) is 2.81. The van der Waals surface area contributed by atoms with E-state index in [2.05, 4.69) is 28.6 Å². The molecule has 0 aliphatic carbocycles. The van der Waals surface area contributed by atoms with Crippen LogP contribution in [0.4, 0.5) is 0 Å². The molecule has 0 aliphatic rings. The van der Waals surface area contributed by atoms with Gasteiger partial charge in [-0.15, -0.1) is 0 Å². The molecule has 5 unspecified atom stereocenters. The van der Waals surface area contributed by atoms with Crippen molar-refractivity contribution in [1.29, 1.82) is 0 Å². The zero-order valence-electron chi connectivity index (χ0n) is 19.5. The summed E-state index contributed by atoms with van der Waals surface area (Å²) in [5.41, 5.74) is 11.8. The van der Waals surface area contributed by atoms with E-state index >= 15 is 0 Å². The summed E-state index contributed by atoms with van der Waals surface area (Å²) in [6, 6.07) is 1.18. The van der Waals surface area contributed by atoms with Crippen molar-refractivity contribution in [3.8, 4) is 5.75 Å². The van der Waals surface area contributed by atoms with Crippen LogP contribution in [0.3, 0.4) is 0 Å². The van der Waals surface area contributed by atoms with Crippen LogP contribution in [0.5, 0.6) is 5.75 Å². The number of hydrogen-bond donors (Lipinski definition) is 9. The molecule has 0 aromatic heterocycles. The molecule has 10 N–H and O–H groups in total. The van der Waals surface area contributed by atoms with Gasteiger partial charge < -0.3 is 42.7 Å². The number of amides is 3. The number of nitrogens with two attached hydrogens (primary N) is 2. The van der Waals surface area contributed by atoms with Gasteiger partial charge in [0.2, 0.25) is 17.7 Å². The zero-order valence-corrected chi connectivity index (χ0v) is 20.4. The maximum Gasteiger partial charge on any atom is 0.328 e. The second-order valence-electron chi connectivity index (χ2n) is 8.13. The van der Waals surface area contributed by atoms with Crippen molar-refractivity contribution < 1.29 is 34.5 Å². The third-order valence-corrected chi connectivity index (χ3v) is 5.56. The van der Waals surface area contributed by atoms with Crippen LogP contribution < -0.4 is 27.4 Å². The molecule has 1 aromatic carbocycles. The minimum absolute atomic E-state index is 0.0265. The number of aliphatic carboxylic acids is 1. The Morgan fingerprint density at radius 1 is 0.971 bits per heavy atom. The van der Waals surface area contributed by atoms with E-state index in [1.807, 2.05) is 0 Å². The van der Waals surface area contributed by atoms with E-state index in [0.717, 1.165) is 0 Å². The van der Waals surface area contributed by atoms with Crippen LogP contribution >= 0.6 is 12.6 Å². The molecule has 0 aliphatic heterocycles. The van der Waals surface area contributed by atoms with Gasteiger partial charge in [0.15, 0.2) is 6.04 Å². The van der Waals surface area contributed by atoms with Crippen LogP contribution in [0.2, 0.25) is 0 Å². The first-order chi connectivity index (χ1) is 16.5. The number of carbonyl (C=O) groups excluding carboxylic acids is 3. The Labute approximate surface area is 209 Å². The molecule has 0 saturated heterocycles. The minimum Gasteiger partial charge on any atom is -0.508 e. The summed E-state index contributed by atoms with van der Waals surface area (Å²) in [5.74, 6) is -3.49. The molecule has 13 heteroatoms. The summed E-state index contributed by atoms with van der Waals surface area (Å²) in [5, 5.41) is 35.8. The number of nitrogens with one attached hydrogen (secondary N) is 3. The maximum absolute atomic E-state index is 13.2. The highest BCUT2D eigenvalue weighted by Gasteiger charge is 2.31. The summed E-state index contributed by atoms with van der Waals surface area (Å²) in [6.45, 7) is 1.57. The quantitative estimate of drug-likeness (QED) is 0.0957. The van der Waals surface area contributed by atoms with Crippen molar-refractivity contribution in [1.82, 2.24) is 16.0 Å². The number of aliphatic hydroxyl groups is 1. The Morgan fingerprint density at radius 3 is 2.06 bits per heavy atom. The summed E-state index contributed by atoms with van der Waals surface area (Å²) >= 11 is 3.99. The van der Waals surface area contributed by atoms with E-state index in [9.17, 15) is 34.5 Å². The van der Waals surface area contributed by atoms with E-state index < -0.39 is 54.0 Å². The van der Waals surface area contributed by atoms with E-state index in [1.54, 1.807) is 12.1 Å². The maximum atomic E-state index is 13.2. The van der Waals surface area contributed by atoms with Gasteiger partial charge in [-0.05, 0) is 50.4 Å². The van der Waals surface area contributed by atoms with Crippen LogP contribution in [-0.2, 0) is 25.6 Å². The Kier molecular flexibility index (Phi) is 13.1. The van der Waals surface area contributed by atoms with Gasteiger partial charge in [-0.1, -0.05) is 12.1 Å². The second kappa shape index (κ2) is 15.2. The van der Waals surface area contributed by atoms with Crippen molar-refractivity contribution in [2.75, 3.05) is 12.3 Å². The zero-order chi connectivity index (χ0) is 26.5. The number of aliphatic hydroxyl groups excluding tert-OH is 1. The molecule has 0 fully saturated rings. The molecule has 1 rings (SSSR count). The molecule has 3 amide bonds. The first kappa shape index (κ1) is 30.2. The third-order valence-electron chi connectivity index (χ3n) is 5.17. The van der Waals surface area contributed by atoms with Crippen molar-refractivity contribution in [2.24, 2.45) is 11.5 Å². The van der Waals surface area contributed by atoms with Gasteiger partial charge in [-0.25, -0.2) is 4.79 Å². The van der Waals surface area contributed by atoms with Gasteiger partial charge in [0.25, 0.3) is 0 Å². The molecule has 1 aromatic rings. The summed E-state index contributed by atoms with van der Waals surface area (Å²) in [4.78, 5) is 49.7. The molecule has 5 atom stereocenters. The lowest BCUT2D eigenvalue weighted by Crippen LogP contribution is -2.58. The van der Waals surface area contributed by atoms with Gasteiger partial charge in [0, 0.05) is 12.2 Å². The fraction of sp³-hybridized carbons (Fsp3) is 0.545. The Bertz CT molecular complexity index is 853. The number of thiol groups is 1. The smallest absolute Gasteiger partial charge is 0.328 e. The first-order valence-corrected chi connectivity index (χ1v) is 11.8. The van der Waals surface area contributed by atoms with E-state index in [4.69, 9.17) is 11.5 Å². The molecule has 196 valence electrons. The Hall–Kier alpha value is -2.87. The Balaban J connectivity index is 3.10. The number of phenolic OH excluding ortho intramolecular Hbond substituents is 1. The molecule has 0 heterocycles. The van der Waals surface area contributed by atoms with Crippen LogP contribution in [0, 0.1) is 0 Å². The molecule has 0 spiro atoms. The lowest BCUT2D eigenvalue weighted by atomic mass is 10.0. The molecular formula is C22H35N5O7S. The highest BCUT2D eigenvalue weighted by atomic mass is 32.1. The lowest BCUT2D eigenvalue weighted by molar-refractivity contribution is -0.145. The number of carboxylic acid groups (broad SMARTS) is 1. The van der Waals surface area contributed by atoms with Crippen molar-refractivity contribution in [3.63, 3.8) is 0 Å². The van der Waals surface area contributed by atoms with Crippen LogP contribution in [0.1, 0.15) is 31.7 Å². The summed E-state index contributed by atoms with van der Waals surface area (Å²) < 4.78 is 0. The number of aromatic hydroxyl groups is 1. The van der Waals surface area contributed by atoms with Gasteiger partial charge in [-0.2, -0.15) is 12.6 Å². The number of carbonyl (C=O) groups is 4. The normalized spacial score (nSPS) is 15.2. The van der Waals surface area contributed by atoms with Crippen LogP contribution in [0.25, 0.3) is 0 Å². The number of rotatable bonds is 15. The van der Waals surface area contributed by atoms with Crippen molar-refractivity contribution >= 4 is 36.3 Å². The SMILES string of the molecule is CC(O)C(NC(=O)C(CCCCN)NC(=O)C(Cc1ccc(O)cc1)NC(=O)C(N)CS)C(=O)O. The van der Waals surface area contributed by atoms with E-state index in [1.165, 1.54) is 19.1 Å². The topological polar surface area (TPSA) is 217 Å². The monoisotopic (exact) mass is 513 g/mol. The van der Waals surface area contributed by atoms with Crippen molar-refractivity contribution in [3.05, 3.63) is 29.8 Å². The van der Waals surface area contributed by atoms with Crippen LogP contribution in [-0.4, -0.2) is 81.6 Å². The van der Waals surface area contributed by atoms with E-state index in [0.29, 0.717) is 24.9 Å². The van der Waals surface area contributed by atoms with Crippen molar-refractivity contribution in [2.45, 2.75) is 62.9 Å². The number of hydrogen-bond acceptors (Lipinski definition) is 9. The fourth-order valence-corrected chi connectivity index (χ4v) is 3.28. The Morgan fingerprint density at radius 2 is 1.54 bits per heavy atom. The lowest BCUT2D eigenvalue weighted by Gasteiger charge is -2.26. The molecule has 35 heavy (non-hydrogen) atoms. The number of unbranched alkanes of at least 4 members (excludes halogenated alkanes) is 1. The van der Waals surface area contributed by atoms with Crippen LogP contribution in [0.15, 0.2) is 24.3 Å². The summed E-state index contributed by atoms with van der Waals surface area (Å²) in [6.07, 6.45) is -0.179. The molecule has 12 nitrogen and oxygen atoms in total. The minimum atomic E-state index is -1.57. The van der Waals surface area contributed by atoms with Gasteiger partial charge in [0.1, 0.15) is 17.8 Å². The van der Waals surface area contributed by atoms with Gasteiger partial charge in [-0.3, -0.25) is 14.4 Å². The molecule has 0 saturated carbocycles. The molecule has 0 radical (unpaired) electrons. The summed E-state index contributed by atoms with van der Waals surface area (Å²) in [7, 11) is 0. The number of phenols is 1. The highest BCUT2D eigenvalue weighted by Crippen LogP contribution is 2.12. The van der Waals surface area contributed by atoms with E-state index in [-0.39, 0.29) is 24.3 Å². The largest absolute Gasteiger partial charge is 0.508 e. The predicted molar refractivity (Wildman–Crippen MR) is 132 cm³/mol. The second-order valence-corrected chi connectivity index (χ2v) is 8.50. The van der Waals surface area contributed by atoms with Gasteiger partial charge in [0.05, 0.1) is 12.1 Å². The molecule has 0 bridgehead atoms. The average molecular weight is 514 g/mol.